The molecule has 0 heterocycles. The first-order chi connectivity index (χ1) is 14.1. The number of aryl methyl sites for hydroxylation is 2. The predicted octanol–water partition coefficient (Wildman–Crippen LogP) is 2.60. The van der Waals surface area contributed by atoms with Gasteiger partial charge in [-0.15, -0.1) is 0 Å². The first-order valence-corrected chi connectivity index (χ1v) is 10.3. The molecular formula is C23H37N3O5. The zero-order chi connectivity index (χ0) is 24.1. The smallest absolute Gasteiger partial charge is 0.408 e. The van der Waals surface area contributed by atoms with E-state index >= 15 is 0 Å². The number of alkyl carbamates (subject to hydrolysis) is 1. The number of amides is 3. The van der Waals surface area contributed by atoms with Crippen LogP contribution in [0.1, 0.15) is 64.3 Å². The number of carbonyl (C=O) groups excluding carboxylic acids is 3. The Labute approximate surface area is 185 Å². The van der Waals surface area contributed by atoms with Gasteiger partial charge in [-0.2, -0.15) is 0 Å². The molecule has 0 aromatic heterocycles. The van der Waals surface area contributed by atoms with Crippen LogP contribution in [0.5, 0.6) is 0 Å². The number of rotatable bonds is 6. The van der Waals surface area contributed by atoms with Crippen LogP contribution in [0.15, 0.2) is 18.2 Å². The molecule has 0 aliphatic heterocycles. The summed E-state index contributed by atoms with van der Waals surface area (Å²) in [6.07, 6.45) is -0.823. The van der Waals surface area contributed by atoms with Gasteiger partial charge in [0, 0.05) is 12.6 Å². The van der Waals surface area contributed by atoms with E-state index in [1.807, 2.05) is 52.8 Å². The third-order valence-corrected chi connectivity index (χ3v) is 4.38. The Kier molecular flexibility index (Phi) is 8.64. The zero-order valence-corrected chi connectivity index (χ0v) is 20.1. The third-order valence-electron chi connectivity index (χ3n) is 4.38. The second kappa shape index (κ2) is 10.1. The molecule has 1 aromatic carbocycles. The lowest BCUT2D eigenvalue weighted by Gasteiger charge is -2.34. The maximum Gasteiger partial charge on any atom is 0.408 e. The Morgan fingerprint density at radius 2 is 1.68 bits per heavy atom. The number of ether oxygens (including phenoxy) is 1. The predicted molar refractivity (Wildman–Crippen MR) is 120 cm³/mol. The molecule has 0 fully saturated rings. The zero-order valence-electron chi connectivity index (χ0n) is 20.1. The van der Waals surface area contributed by atoms with Crippen molar-refractivity contribution in [3.05, 3.63) is 34.9 Å². The lowest BCUT2D eigenvalue weighted by molar-refractivity contribution is -0.142. The largest absolute Gasteiger partial charge is 0.444 e. The number of nitrogens with zero attached hydrogens (tertiary/aromatic N) is 1. The molecule has 1 aromatic rings. The summed E-state index contributed by atoms with van der Waals surface area (Å²) in [6, 6.07) is 3.49. The Balaban J connectivity index is 3.27. The number of aliphatic hydroxyl groups excluding tert-OH is 1. The topological polar surface area (TPSA) is 108 Å². The minimum absolute atomic E-state index is 0.356. The van der Waals surface area contributed by atoms with Crippen molar-refractivity contribution in [1.29, 1.82) is 0 Å². The molecule has 0 saturated heterocycles. The number of likely N-dealkylation sites (N-methyl/N-ethyl adjacent to an activating group) is 1. The number of hydrogen-bond acceptors (Lipinski definition) is 5. The van der Waals surface area contributed by atoms with Gasteiger partial charge in [0.25, 0.3) is 0 Å². The molecule has 0 radical (unpaired) electrons. The lowest BCUT2D eigenvalue weighted by atomic mass is 9.95. The van der Waals surface area contributed by atoms with Gasteiger partial charge in [-0.1, -0.05) is 23.8 Å². The van der Waals surface area contributed by atoms with Crippen LogP contribution in [-0.4, -0.2) is 58.8 Å². The van der Waals surface area contributed by atoms with Crippen LogP contribution in [0.25, 0.3) is 0 Å². The highest BCUT2D eigenvalue weighted by molar-refractivity contribution is 5.92. The first kappa shape index (κ1) is 26.4. The molecule has 31 heavy (non-hydrogen) atoms. The van der Waals surface area contributed by atoms with Gasteiger partial charge in [0.15, 0.2) is 0 Å². The Morgan fingerprint density at radius 1 is 1.10 bits per heavy atom. The van der Waals surface area contributed by atoms with Crippen LogP contribution < -0.4 is 10.6 Å². The van der Waals surface area contributed by atoms with Crippen molar-refractivity contribution in [2.45, 2.75) is 78.6 Å². The van der Waals surface area contributed by atoms with Gasteiger partial charge < -0.3 is 25.4 Å². The molecule has 3 N–H and O–H groups in total. The SMILES string of the molecule is Cc1ccc(C)c(C(C(=O)NC(C)(C)C)N(C)C(=O)C(CO)NC(=O)OC(C)(C)C)c1. The molecular weight excluding hydrogens is 398 g/mol. The van der Waals surface area contributed by atoms with Gasteiger partial charge in [0.05, 0.1) is 6.61 Å². The fraction of sp³-hybridized carbons (Fsp3) is 0.609. The van der Waals surface area contributed by atoms with Gasteiger partial charge in [-0.25, -0.2) is 4.79 Å². The maximum absolute atomic E-state index is 13.2. The van der Waals surface area contributed by atoms with Crippen molar-refractivity contribution in [3.8, 4) is 0 Å². The number of hydrogen-bond donors (Lipinski definition) is 3. The van der Waals surface area contributed by atoms with Crippen molar-refractivity contribution >= 4 is 17.9 Å². The number of benzene rings is 1. The highest BCUT2D eigenvalue weighted by atomic mass is 16.6. The quantitative estimate of drug-likeness (QED) is 0.637. The number of nitrogens with one attached hydrogen (secondary N) is 2. The molecule has 1 rings (SSSR count). The standard InChI is InChI=1S/C23H37N3O5/c1-14-10-11-15(2)16(12-14)18(19(28)25-22(3,4)5)26(9)20(29)17(13-27)24-21(30)31-23(6,7)8/h10-12,17-18,27H,13H2,1-9H3,(H,24,30)(H,25,28). The van der Waals surface area contributed by atoms with E-state index in [2.05, 4.69) is 10.6 Å². The van der Waals surface area contributed by atoms with Crippen LogP contribution in [0.4, 0.5) is 4.79 Å². The summed E-state index contributed by atoms with van der Waals surface area (Å²) in [4.78, 5) is 39.8. The van der Waals surface area contributed by atoms with E-state index in [0.29, 0.717) is 5.56 Å². The third kappa shape index (κ3) is 8.20. The summed E-state index contributed by atoms with van der Waals surface area (Å²) in [7, 11) is 1.48. The van der Waals surface area contributed by atoms with Crippen LogP contribution in [0.2, 0.25) is 0 Å². The molecule has 0 bridgehead atoms. The van der Waals surface area contributed by atoms with Crippen molar-refractivity contribution in [1.82, 2.24) is 15.5 Å². The molecule has 8 heteroatoms. The maximum atomic E-state index is 13.2. The lowest BCUT2D eigenvalue weighted by Crippen LogP contribution is -2.54. The average Bonchev–Trinajstić information content (AvgIpc) is 2.59. The number of aliphatic hydroxyl groups is 1. The van der Waals surface area contributed by atoms with E-state index in [1.54, 1.807) is 20.8 Å². The van der Waals surface area contributed by atoms with Crippen LogP contribution >= 0.6 is 0 Å². The minimum atomic E-state index is -1.25. The second-order valence-electron chi connectivity index (χ2n) is 9.83. The molecule has 0 aliphatic carbocycles. The summed E-state index contributed by atoms with van der Waals surface area (Å²) in [5.41, 5.74) is 1.20. The average molecular weight is 436 g/mol. The number of carbonyl (C=O) groups is 3. The summed E-state index contributed by atoms with van der Waals surface area (Å²) in [5.74, 6) is -0.964. The summed E-state index contributed by atoms with van der Waals surface area (Å²) < 4.78 is 5.18. The fourth-order valence-corrected chi connectivity index (χ4v) is 3.03. The Hall–Kier alpha value is -2.61. The summed E-state index contributed by atoms with van der Waals surface area (Å²) in [6.45, 7) is 13.8. The van der Waals surface area contributed by atoms with Crippen molar-refractivity contribution < 1.29 is 24.2 Å². The summed E-state index contributed by atoms with van der Waals surface area (Å²) >= 11 is 0. The van der Waals surface area contributed by atoms with Crippen LogP contribution in [0, 0.1) is 13.8 Å². The highest BCUT2D eigenvalue weighted by Crippen LogP contribution is 2.26. The normalized spacial score (nSPS) is 13.7. The molecule has 174 valence electrons. The Morgan fingerprint density at radius 3 is 2.16 bits per heavy atom. The highest BCUT2D eigenvalue weighted by Gasteiger charge is 2.35. The van der Waals surface area contributed by atoms with Gasteiger partial charge in [-0.3, -0.25) is 9.59 Å². The molecule has 0 spiro atoms. The summed E-state index contributed by atoms with van der Waals surface area (Å²) in [5, 5.41) is 15.1. The van der Waals surface area contributed by atoms with E-state index in [1.165, 1.54) is 11.9 Å². The minimum Gasteiger partial charge on any atom is -0.444 e. The molecule has 0 aliphatic rings. The van der Waals surface area contributed by atoms with Gasteiger partial charge >= 0.3 is 6.09 Å². The van der Waals surface area contributed by atoms with Crippen molar-refractivity contribution in [3.63, 3.8) is 0 Å². The molecule has 8 nitrogen and oxygen atoms in total. The molecule has 2 atom stereocenters. The van der Waals surface area contributed by atoms with Crippen LogP contribution in [-0.2, 0) is 14.3 Å². The first-order valence-electron chi connectivity index (χ1n) is 10.3. The van der Waals surface area contributed by atoms with Crippen molar-refractivity contribution in [2.24, 2.45) is 0 Å². The Bertz CT molecular complexity index is 808. The monoisotopic (exact) mass is 435 g/mol. The van der Waals surface area contributed by atoms with Gasteiger partial charge in [-0.05, 0) is 66.5 Å². The van der Waals surface area contributed by atoms with Gasteiger partial charge in [0.1, 0.15) is 17.7 Å². The van der Waals surface area contributed by atoms with E-state index in [-0.39, 0.29) is 5.91 Å². The fourth-order valence-electron chi connectivity index (χ4n) is 3.03. The molecule has 3 amide bonds. The molecule has 2 unspecified atom stereocenters. The van der Waals surface area contributed by atoms with E-state index in [0.717, 1.165) is 11.1 Å². The van der Waals surface area contributed by atoms with Crippen molar-refractivity contribution in [2.75, 3.05) is 13.7 Å². The van der Waals surface area contributed by atoms with E-state index in [4.69, 9.17) is 4.74 Å². The second-order valence-corrected chi connectivity index (χ2v) is 9.83. The van der Waals surface area contributed by atoms with Crippen LogP contribution in [0.3, 0.4) is 0 Å². The van der Waals surface area contributed by atoms with E-state index in [9.17, 15) is 19.5 Å². The van der Waals surface area contributed by atoms with E-state index < -0.39 is 41.8 Å². The molecule has 0 saturated carbocycles. The van der Waals surface area contributed by atoms with Gasteiger partial charge in [0.2, 0.25) is 11.8 Å².